The average molecular weight is 68.7 g/mol. The molecular weight excluding hydrogens is 63.6 g/mol. The molecule has 0 atom stereocenters. The fraction of sp³-hybridized carbons (Fsp3) is 1.00. The predicted molar refractivity (Wildman–Crippen MR) is 22.8 cm³/mol. The van der Waals surface area contributed by atoms with E-state index in [1.165, 1.54) is 0 Å². The zero-order chi connectivity index (χ0) is 4.28. The second kappa shape index (κ2) is 2.30. The molecule has 0 heterocycles. The Hall–Kier alpha value is 0.0499. The monoisotopic (exact) mass is 69.1 g/mol. The number of rotatable bonds is 1. The summed E-state index contributed by atoms with van der Waals surface area (Å²) >= 11 is 0. The highest BCUT2D eigenvalue weighted by atomic mass is 16.2. The number of hydrogen-bond donors (Lipinski definition) is 2. The third-order valence-corrected chi connectivity index (χ3v) is 0.211. The van der Waals surface area contributed by atoms with Crippen molar-refractivity contribution in [2.45, 2.75) is 0 Å². The first-order chi connectivity index (χ1) is 2.27. The van der Waals surface area contributed by atoms with Gasteiger partial charge in [-0.15, -0.1) is 0 Å². The summed E-state index contributed by atoms with van der Waals surface area (Å²) in [7, 11) is 4.82. The van der Waals surface area contributed by atoms with Crippen molar-refractivity contribution in [1.29, 1.82) is 0 Å². The lowest BCUT2D eigenvalue weighted by atomic mass is 9.45. The minimum absolute atomic E-state index is 0.139. The Bertz CT molecular complexity index is 23.6. The van der Waals surface area contributed by atoms with Gasteiger partial charge in [-0.3, -0.25) is 0 Å². The van der Waals surface area contributed by atoms with E-state index in [9.17, 15) is 0 Å². The summed E-state index contributed by atoms with van der Waals surface area (Å²) < 4.78 is 0. The maximum Gasteiger partial charge on any atom is 0.191 e. The van der Waals surface area contributed by atoms with Gasteiger partial charge in [0.25, 0.3) is 0 Å². The Morgan fingerprint density at radius 2 is 2.20 bits per heavy atom. The van der Waals surface area contributed by atoms with Gasteiger partial charge in [-0.25, -0.2) is 0 Å². The minimum Gasteiger partial charge on any atom is -0.404 e. The highest BCUT2D eigenvalue weighted by Crippen LogP contribution is 1.47. The maximum absolute atomic E-state index is 7.89. The van der Waals surface area contributed by atoms with Crippen LogP contribution in [0.1, 0.15) is 0 Å². The summed E-state index contributed by atoms with van der Waals surface area (Å²) in [5.74, 6) is 0. The summed E-state index contributed by atoms with van der Waals surface area (Å²) in [5.41, 5.74) is 4.82. The molecule has 0 spiro atoms. The molecule has 26 valence electrons. The Labute approximate surface area is 32.9 Å². The predicted octanol–water partition coefficient (Wildman–Crippen LogP) is -1.87. The quantitative estimate of drug-likeness (QED) is 0.354. The molecule has 0 aliphatic carbocycles. The second-order valence-electron chi connectivity index (χ2n) is 0.846. The highest BCUT2D eigenvalue weighted by Gasteiger charge is 1.89. The second-order valence-corrected chi connectivity index (χ2v) is 0.846. The van der Waals surface area contributed by atoms with E-state index in [1.54, 1.807) is 0 Å². The molecule has 0 unspecified atom stereocenters. The van der Waals surface area contributed by atoms with Gasteiger partial charge in [-0.05, 0) is 0 Å². The normalized spacial score (nSPS) is 7.60. The lowest BCUT2D eigenvalue weighted by Crippen LogP contribution is -2.30. The third-order valence-electron chi connectivity index (χ3n) is 0.211. The largest absolute Gasteiger partial charge is 0.404 e. The van der Waals surface area contributed by atoms with E-state index in [1.807, 2.05) is 0 Å². The summed E-state index contributed by atoms with van der Waals surface area (Å²) in [6.07, 6.45) is 0. The molecule has 0 aromatic heterocycles. The van der Waals surface area contributed by atoms with Gasteiger partial charge in [0.05, 0.1) is 0 Å². The van der Waals surface area contributed by atoms with Crippen LogP contribution < -0.4 is 5.64 Å². The lowest BCUT2D eigenvalue weighted by Gasteiger charge is -1.85. The van der Waals surface area contributed by atoms with Crippen LogP contribution in [0, 0.1) is 0 Å². The Morgan fingerprint density at radius 3 is 2.20 bits per heavy atom. The van der Waals surface area contributed by atoms with Crippen molar-refractivity contribution < 1.29 is 5.11 Å². The summed E-state index contributed by atoms with van der Waals surface area (Å²) in [5, 5.41) is 7.89. The van der Waals surface area contributed by atoms with Gasteiger partial charge >= 0.3 is 0 Å². The van der Waals surface area contributed by atoms with Gasteiger partial charge in [0.1, 0.15) is 0 Å². The first-order valence-electron chi connectivity index (χ1n) is 1.39. The molecule has 3 N–H and O–H groups in total. The Morgan fingerprint density at radius 1 is 2.00 bits per heavy atom. The van der Waals surface area contributed by atoms with E-state index in [2.05, 4.69) is 0 Å². The van der Waals surface area contributed by atoms with Crippen molar-refractivity contribution in [3.8, 4) is 0 Å². The van der Waals surface area contributed by atoms with Crippen LogP contribution in [0.2, 0.25) is 0 Å². The number of aliphatic hydroxyl groups excluding tert-OH is 1. The van der Waals surface area contributed by atoms with E-state index < -0.39 is 6.74 Å². The van der Waals surface area contributed by atoms with Crippen LogP contribution in [0.25, 0.3) is 0 Å². The van der Waals surface area contributed by atoms with Crippen LogP contribution in [0.3, 0.4) is 0 Å². The number of aliphatic hydroxyl groups is 1. The van der Waals surface area contributed by atoms with E-state index in [-0.39, 0.29) is 6.51 Å². The standard InChI is InChI=1S/CH5B2NO/c2-3(4)1-5/h5H,1,4H2. The molecule has 0 amide bonds. The molecule has 2 nitrogen and oxygen atoms in total. The van der Waals surface area contributed by atoms with E-state index >= 15 is 0 Å². The molecule has 0 aliphatic rings. The van der Waals surface area contributed by atoms with Gasteiger partial charge < -0.3 is 10.8 Å². The van der Waals surface area contributed by atoms with Crippen LogP contribution in [0.4, 0.5) is 0 Å². The topological polar surface area (TPSA) is 46.2 Å². The van der Waals surface area contributed by atoms with Crippen molar-refractivity contribution >= 4 is 14.5 Å². The number of nitrogens with two attached hydrogens (primary N) is 1. The van der Waals surface area contributed by atoms with Crippen LogP contribution in [-0.2, 0) is 0 Å². The molecule has 4 heteroatoms. The fourth-order valence-electron chi connectivity index (χ4n) is 0. The first kappa shape index (κ1) is 5.05. The minimum atomic E-state index is -0.560. The fourth-order valence-corrected chi connectivity index (χ4v) is 0. The SMILES string of the molecule is [B]B(N)CO. The van der Waals surface area contributed by atoms with Crippen molar-refractivity contribution in [2.24, 2.45) is 5.64 Å². The lowest BCUT2D eigenvalue weighted by molar-refractivity contribution is 0.364. The van der Waals surface area contributed by atoms with Gasteiger partial charge in [0.2, 0.25) is 0 Å². The van der Waals surface area contributed by atoms with E-state index in [0.717, 1.165) is 0 Å². The Kier molecular flexibility index (Phi) is 2.32. The number of hydrogen-bond acceptors (Lipinski definition) is 2. The maximum atomic E-state index is 7.89. The smallest absolute Gasteiger partial charge is 0.191 e. The Balaban J connectivity index is 2.54. The molecule has 0 rings (SSSR count). The molecule has 0 bridgehead atoms. The molecule has 2 radical (unpaired) electrons. The van der Waals surface area contributed by atoms with Crippen LogP contribution in [-0.4, -0.2) is 26.1 Å². The van der Waals surface area contributed by atoms with Gasteiger partial charge in [0.15, 0.2) is 6.74 Å². The zero-order valence-corrected chi connectivity index (χ0v) is 2.89. The van der Waals surface area contributed by atoms with E-state index in [0.29, 0.717) is 0 Å². The molecular formula is CH5B2NO. The molecule has 0 aliphatic heterocycles. The summed E-state index contributed by atoms with van der Waals surface area (Å²) in [4.78, 5) is 0. The van der Waals surface area contributed by atoms with Crippen molar-refractivity contribution in [2.75, 3.05) is 6.51 Å². The van der Waals surface area contributed by atoms with Crippen molar-refractivity contribution in [1.82, 2.24) is 0 Å². The molecule has 5 heavy (non-hydrogen) atoms. The highest BCUT2D eigenvalue weighted by molar-refractivity contribution is 7.01. The van der Waals surface area contributed by atoms with Gasteiger partial charge in [0, 0.05) is 14.2 Å². The zero-order valence-electron chi connectivity index (χ0n) is 2.89. The van der Waals surface area contributed by atoms with Crippen LogP contribution in [0.15, 0.2) is 0 Å². The molecule has 0 fully saturated rings. The van der Waals surface area contributed by atoms with Gasteiger partial charge in [-0.2, -0.15) is 0 Å². The molecule has 0 saturated carbocycles. The van der Waals surface area contributed by atoms with Crippen molar-refractivity contribution in [3.63, 3.8) is 0 Å². The summed E-state index contributed by atoms with van der Waals surface area (Å²) in [6, 6.07) is 0. The van der Waals surface area contributed by atoms with Crippen LogP contribution in [0.5, 0.6) is 0 Å². The summed E-state index contributed by atoms with van der Waals surface area (Å²) in [6.45, 7) is -0.699. The average Bonchev–Trinajstić information content (AvgIpc) is 1.38. The molecule has 0 aromatic carbocycles. The van der Waals surface area contributed by atoms with E-state index in [4.69, 9.17) is 18.5 Å². The molecule has 0 saturated heterocycles. The van der Waals surface area contributed by atoms with Gasteiger partial charge in [-0.1, -0.05) is 0 Å². The van der Waals surface area contributed by atoms with Crippen molar-refractivity contribution in [3.05, 3.63) is 0 Å². The third kappa shape index (κ3) is 4.05. The first-order valence-corrected chi connectivity index (χ1v) is 1.39. The molecule has 0 aromatic rings. The van der Waals surface area contributed by atoms with Crippen LogP contribution >= 0.6 is 0 Å².